The number of nitrogens with one attached hydrogen (secondary N) is 1. The number of carbonyl (C=O) groups excluding carboxylic acids is 1. The van der Waals surface area contributed by atoms with Crippen LogP contribution >= 0.6 is 11.3 Å². The van der Waals surface area contributed by atoms with Gasteiger partial charge in [0.15, 0.2) is 5.13 Å². The summed E-state index contributed by atoms with van der Waals surface area (Å²) in [5, 5.41) is 12.8. The van der Waals surface area contributed by atoms with Crippen molar-refractivity contribution < 1.29 is 14.6 Å². The van der Waals surface area contributed by atoms with Gasteiger partial charge in [0.2, 0.25) is 0 Å². The molecule has 1 aromatic heterocycles. The Hall–Kier alpha value is -2.50. The molecular formula is C17H18N4O3S. The third kappa shape index (κ3) is 2.65. The second kappa shape index (κ2) is 6.43. The highest BCUT2D eigenvalue weighted by atomic mass is 32.1. The number of amides is 2. The fourth-order valence-electron chi connectivity index (χ4n) is 3.20. The van der Waals surface area contributed by atoms with Gasteiger partial charge in [-0.3, -0.25) is 4.90 Å². The Bertz CT molecular complexity index is 885. The Labute approximate surface area is 149 Å². The van der Waals surface area contributed by atoms with E-state index in [9.17, 15) is 9.90 Å². The summed E-state index contributed by atoms with van der Waals surface area (Å²) in [5.74, 6) is 6.69. The van der Waals surface area contributed by atoms with E-state index in [1.807, 2.05) is 12.1 Å². The van der Waals surface area contributed by atoms with Crippen LogP contribution in [-0.4, -0.2) is 55.0 Å². The van der Waals surface area contributed by atoms with Crippen LogP contribution in [0.25, 0.3) is 10.2 Å². The lowest BCUT2D eigenvalue weighted by molar-refractivity contribution is 0.252. The van der Waals surface area contributed by atoms with Crippen LogP contribution in [0.1, 0.15) is 6.92 Å². The molecule has 0 bridgehead atoms. The highest BCUT2D eigenvalue weighted by molar-refractivity contribution is 7.22. The molecule has 3 heterocycles. The molecule has 130 valence electrons. The number of aliphatic hydroxyl groups is 1. The van der Waals surface area contributed by atoms with Crippen LogP contribution in [0.2, 0.25) is 0 Å². The Balaban J connectivity index is 1.81. The van der Waals surface area contributed by atoms with Crippen LogP contribution in [0.5, 0.6) is 5.75 Å². The Morgan fingerprint density at radius 1 is 1.52 bits per heavy atom. The van der Waals surface area contributed by atoms with Crippen molar-refractivity contribution in [3.8, 4) is 17.6 Å². The normalized spacial score (nSPS) is 19.3. The molecule has 1 unspecified atom stereocenters. The molecule has 2 N–H and O–H groups in total. The van der Waals surface area contributed by atoms with Gasteiger partial charge in [0.1, 0.15) is 29.6 Å². The Morgan fingerprint density at radius 2 is 2.40 bits per heavy atom. The second-order valence-corrected chi connectivity index (χ2v) is 6.79. The van der Waals surface area contributed by atoms with Gasteiger partial charge < -0.3 is 20.1 Å². The largest absolute Gasteiger partial charge is 0.489 e. The second-order valence-electron chi connectivity index (χ2n) is 5.78. The van der Waals surface area contributed by atoms with Gasteiger partial charge in [0, 0.05) is 6.54 Å². The van der Waals surface area contributed by atoms with Crippen LogP contribution in [0.3, 0.4) is 0 Å². The summed E-state index contributed by atoms with van der Waals surface area (Å²) in [6, 6.07) is 3.51. The van der Waals surface area contributed by atoms with Crippen LogP contribution in [0.4, 0.5) is 15.6 Å². The number of ether oxygens (including phenoxy) is 1. The maximum absolute atomic E-state index is 12.2. The number of urea groups is 1. The van der Waals surface area contributed by atoms with E-state index in [4.69, 9.17) is 9.72 Å². The molecular weight excluding hydrogens is 340 g/mol. The standard InChI is InChI=1S/C17H18N4O3S/c1-2-3-11-10-18-16(23)21(11)17-19-14-13(25-17)5-4-12-15(14)20(6-8-22)7-9-24-12/h4-5,11,22H,6-10H2,1H3,(H,18,23). The highest BCUT2D eigenvalue weighted by Gasteiger charge is 2.34. The molecule has 2 aliphatic heterocycles. The lowest BCUT2D eigenvalue weighted by Crippen LogP contribution is -2.35. The van der Waals surface area contributed by atoms with Gasteiger partial charge in [-0.1, -0.05) is 17.3 Å². The van der Waals surface area contributed by atoms with Crippen LogP contribution in [0.15, 0.2) is 12.1 Å². The molecule has 4 rings (SSSR count). The number of β-amino-alcohol motifs (C(OH)–C–C–N with tert-alkyl or cyclic N) is 1. The van der Waals surface area contributed by atoms with Crippen molar-refractivity contribution in [2.45, 2.75) is 13.0 Å². The summed E-state index contributed by atoms with van der Waals surface area (Å²) in [5.41, 5.74) is 1.69. The first-order valence-electron chi connectivity index (χ1n) is 8.14. The van der Waals surface area contributed by atoms with E-state index < -0.39 is 0 Å². The van der Waals surface area contributed by atoms with Gasteiger partial charge in [0.05, 0.1) is 24.4 Å². The number of hydrogen-bond donors (Lipinski definition) is 2. The molecule has 1 aromatic carbocycles. The molecule has 0 aliphatic carbocycles. The van der Waals surface area contributed by atoms with Gasteiger partial charge in [-0.05, 0) is 19.1 Å². The average Bonchev–Trinajstić information content (AvgIpc) is 3.18. The summed E-state index contributed by atoms with van der Waals surface area (Å²) in [4.78, 5) is 20.7. The molecule has 0 saturated carbocycles. The molecule has 2 amide bonds. The summed E-state index contributed by atoms with van der Waals surface area (Å²) in [6.45, 7) is 4.13. The zero-order valence-corrected chi connectivity index (χ0v) is 14.6. The van der Waals surface area contributed by atoms with E-state index in [-0.39, 0.29) is 18.7 Å². The van der Waals surface area contributed by atoms with Crippen molar-refractivity contribution in [3.63, 3.8) is 0 Å². The molecule has 1 atom stereocenters. The zero-order chi connectivity index (χ0) is 17.4. The minimum absolute atomic E-state index is 0.0650. The quantitative estimate of drug-likeness (QED) is 0.811. The van der Waals surface area contributed by atoms with Crippen LogP contribution < -0.4 is 19.9 Å². The number of rotatable bonds is 3. The lowest BCUT2D eigenvalue weighted by Gasteiger charge is -2.30. The molecule has 7 nitrogen and oxygen atoms in total. The molecule has 2 aromatic rings. The summed E-state index contributed by atoms with van der Waals surface area (Å²) < 4.78 is 6.73. The van der Waals surface area contributed by atoms with Crippen molar-refractivity contribution in [2.75, 3.05) is 42.6 Å². The Kier molecular flexibility index (Phi) is 4.11. The number of anilines is 2. The fraction of sp³-hybridized carbons (Fsp3) is 0.412. The SMILES string of the molecule is CC#CC1CNC(=O)N1c1nc2c3c(ccc2s1)OCCN3CCO. The summed E-state index contributed by atoms with van der Waals surface area (Å²) in [7, 11) is 0. The number of carbonyl (C=O) groups is 1. The molecule has 8 heteroatoms. The first-order chi connectivity index (χ1) is 12.2. The maximum Gasteiger partial charge on any atom is 0.324 e. The van der Waals surface area contributed by atoms with Crippen LogP contribution in [-0.2, 0) is 0 Å². The van der Waals surface area contributed by atoms with Crippen molar-refractivity contribution in [1.82, 2.24) is 10.3 Å². The van der Waals surface area contributed by atoms with Gasteiger partial charge >= 0.3 is 6.03 Å². The third-order valence-electron chi connectivity index (χ3n) is 4.28. The van der Waals surface area contributed by atoms with Crippen molar-refractivity contribution in [3.05, 3.63) is 12.1 Å². The molecule has 0 spiro atoms. The first-order valence-corrected chi connectivity index (χ1v) is 8.96. The lowest BCUT2D eigenvalue weighted by atomic mass is 10.2. The third-order valence-corrected chi connectivity index (χ3v) is 5.30. The van der Waals surface area contributed by atoms with Gasteiger partial charge in [0.25, 0.3) is 0 Å². The van der Waals surface area contributed by atoms with Gasteiger partial charge in [-0.15, -0.1) is 5.92 Å². The molecule has 25 heavy (non-hydrogen) atoms. The van der Waals surface area contributed by atoms with Crippen molar-refractivity contribution in [2.24, 2.45) is 0 Å². The zero-order valence-electron chi connectivity index (χ0n) is 13.8. The monoisotopic (exact) mass is 358 g/mol. The number of hydrogen-bond acceptors (Lipinski definition) is 6. The van der Waals surface area contributed by atoms with E-state index in [2.05, 4.69) is 22.1 Å². The van der Waals surface area contributed by atoms with Gasteiger partial charge in [-0.2, -0.15) is 0 Å². The summed E-state index contributed by atoms with van der Waals surface area (Å²) >= 11 is 1.46. The highest BCUT2D eigenvalue weighted by Crippen LogP contribution is 2.42. The van der Waals surface area contributed by atoms with Crippen molar-refractivity contribution >= 4 is 38.4 Å². The van der Waals surface area contributed by atoms with E-state index in [1.54, 1.807) is 11.8 Å². The summed E-state index contributed by atoms with van der Waals surface area (Å²) in [6.07, 6.45) is 0. The minimum Gasteiger partial charge on any atom is -0.489 e. The predicted molar refractivity (Wildman–Crippen MR) is 97.5 cm³/mol. The number of aliphatic hydroxyl groups excluding tert-OH is 1. The first kappa shape index (κ1) is 16.0. The predicted octanol–water partition coefficient (Wildman–Crippen LogP) is 1.41. The molecule has 1 fully saturated rings. The van der Waals surface area contributed by atoms with E-state index in [0.29, 0.717) is 31.4 Å². The number of fused-ring (bicyclic) bond motifs is 3. The van der Waals surface area contributed by atoms with Crippen LogP contribution in [0, 0.1) is 11.8 Å². The average molecular weight is 358 g/mol. The molecule has 1 saturated heterocycles. The topological polar surface area (TPSA) is 77.9 Å². The smallest absolute Gasteiger partial charge is 0.324 e. The maximum atomic E-state index is 12.2. The Morgan fingerprint density at radius 3 is 3.20 bits per heavy atom. The number of aromatic nitrogens is 1. The minimum atomic E-state index is -0.210. The molecule has 2 aliphatic rings. The van der Waals surface area contributed by atoms with E-state index in [0.717, 1.165) is 21.7 Å². The fourth-order valence-corrected chi connectivity index (χ4v) is 4.22. The number of nitrogens with zero attached hydrogens (tertiary/aromatic N) is 3. The van der Waals surface area contributed by atoms with Gasteiger partial charge in [-0.25, -0.2) is 9.78 Å². The molecule has 0 radical (unpaired) electrons. The van der Waals surface area contributed by atoms with Crippen molar-refractivity contribution in [1.29, 1.82) is 0 Å². The van der Waals surface area contributed by atoms with E-state index in [1.165, 1.54) is 11.3 Å². The van der Waals surface area contributed by atoms with E-state index >= 15 is 0 Å². The number of thiazole rings is 1. The number of benzene rings is 1.